The summed E-state index contributed by atoms with van der Waals surface area (Å²) in [6.45, 7) is 5.73. The van der Waals surface area contributed by atoms with Crippen LogP contribution in [0, 0.1) is 0 Å². The lowest BCUT2D eigenvalue weighted by molar-refractivity contribution is -0.132. The molecule has 3 N–H and O–H groups in total. The molecule has 5 rings (SSSR count). The largest absolute Gasteiger partial charge is 0.378 e. The molecular formula is C19H24N10O2. The molecule has 2 aliphatic rings. The van der Waals surface area contributed by atoms with E-state index >= 15 is 0 Å². The monoisotopic (exact) mass is 424 g/mol. The number of fused-ring (bicyclic) bond motifs is 1. The van der Waals surface area contributed by atoms with Gasteiger partial charge in [-0.25, -0.2) is 19.6 Å². The molecule has 0 atom stereocenters. The van der Waals surface area contributed by atoms with Crippen LogP contribution in [0.1, 0.15) is 0 Å². The fourth-order valence-electron chi connectivity index (χ4n) is 3.79. The Balaban J connectivity index is 1.55. The second-order valence-corrected chi connectivity index (χ2v) is 7.47. The third-order valence-electron chi connectivity index (χ3n) is 5.48. The van der Waals surface area contributed by atoms with E-state index < -0.39 is 0 Å². The van der Waals surface area contributed by atoms with Crippen LogP contribution in [0.25, 0.3) is 22.3 Å². The Bertz CT molecular complexity index is 1070. The highest BCUT2D eigenvalue weighted by atomic mass is 16.5. The minimum absolute atomic E-state index is 0.0235. The maximum atomic E-state index is 12.8. The summed E-state index contributed by atoms with van der Waals surface area (Å²) < 4.78 is 7.11. The molecule has 2 saturated heterocycles. The molecule has 0 spiro atoms. The number of nitrogen functional groups attached to an aromatic ring is 1. The van der Waals surface area contributed by atoms with Gasteiger partial charge in [0.25, 0.3) is 0 Å². The number of aromatic nitrogens is 6. The molecule has 162 valence electrons. The van der Waals surface area contributed by atoms with Gasteiger partial charge in [0.2, 0.25) is 17.8 Å². The summed E-state index contributed by atoms with van der Waals surface area (Å²) in [5.41, 5.74) is 7.63. The molecule has 3 aromatic heterocycles. The number of carbonyl (C=O) groups is 1. The molecule has 1 amide bonds. The second-order valence-electron chi connectivity index (χ2n) is 7.47. The van der Waals surface area contributed by atoms with Gasteiger partial charge in [0.15, 0.2) is 5.65 Å². The Hall–Kier alpha value is -3.38. The molecular weight excluding hydrogens is 400 g/mol. The van der Waals surface area contributed by atoms with Crippen molar-refractivity contribution < 1.29 is 9.53 Å². The number of hydrogen-bond acceptors (Lipinski definition) is 10. The molecule has 3 aromatic rings. The number of nitrogens with one attached hydrogen (secondary N) is 1. The predicted octanol–water partition coefficient (Wildman–Crippen LogP) is -0.866. The van der Waals surface area contributed by atoms with E-state index in [1.807, 2.05) is 4.90 Å². The van der Waals surface area contributed by atoms with Gasteiger partial charge in [-0.2, -0.15) is 10.1 Å². The highest BCUT2D eigenvalue weighted by Gasteiger charge is 2.22. The van der Waals surface area contributed by atoms with Gasteiger partial charge in [-0.15, -0.1) is 0 Å². The summed E-state index contributed by atoms with van der Waals surface area (Å²) in [7, 11) is 0. The summed E-state index contributed by atoms with van der Waals surface area (Å²) in [5, 5.41) is 8.46. The number of nitrogens with zero attached hydrogens (tertiary/aromatic N) is 8. The van der Waals surface area contributed by atoms with Crippen molar-refractivity contribution in [2.45, 2.75) is 6.54 Å². The lowest BCUT2D eigenvalue weighted by atomic mass is 10.2. The van der Waals surface area contributed by atoms with E-state index in [0.29, 0.717) is 62.2 Å². The van der Waals surface area contributed by atoms with E-state index in [1.165, 1.54) is 0 Å². The molecule has 0 aliphatic carbocycles. The van der Waals surface area contributed by atoms with Crippen molar-refractivity contribution in [2.75, 3.05) is 63.1 Å². The summed E-state index contributed by atoms with van der Waals surface area (Å²) >= 11 is 0. The van der Waals surface area contributed by atoms with Crippen molar-refractivity contribution in [1.29, 1.82) is 0 Å². The van der Waals surface area contributed by atoms with Gasteiger partial charge >= 0.3 is 0 Å². The van der Waals surface area contributed by atoms with Crippen LogP contribution in [0.15, 0.2) is 18.6 Å². The van der Waals surface area contributed by atoms with Crippen molar-refractivity contribution in [3.8, 4) is 11.3 Å². The maximum Gasteiger partial charge on any atom is 0.244 e. The molecule has 5 heterocycles. The molecule has 0 radical (unpaired) electrons. The molecule has 2 fully saturated rings. The lowest BCUT2D eigenvalue weighted by Gasteiger charge is -2.28. The van der Waals surface area contributed by atoms with Gasteiger partial charge < -0.3 is 25.6 Å². The first kappa shape index (κ1) is 19.6. The minimum atomic E-state index is 0.0235. The topological polar surface area (TPSA) is 140 Å². The summed E-state index contributed by atoms with van der Waals surface area (Å²) in [4.78, 5) is 34.5. The number of piperazine rings is 1. The quantitative estimate of drug-likeness (QED) is 0.543. The molecule has 12 nitrogen and oxygen atoms in total. The van der Waals surface area contributed by atoms with Crippen molar-refractivity contribution in [2.24, 2.45) is 0 Å². The molecule has 12 heteroatoms. The summed E-state index contributed by atoms with van der Waals surface area (Å²) in [5.74, 6) is 0.786. The van der Waals surface area contributed by atoms with Gasteiger partial charge in [0, 0.05) is 57.2 Å². The van der Waals surface area contributed by atoms with E-state index in [2.05, 4.69) is 25.3 Å². The van der Waals surface area contributed by atoms with Crippen molar-refractivity contribution >= 4 is 28.8 Å². The number of anilines is 2. The first-order chi connectivity index (χ1) is 15.2. The number of amides is 1. The molecule has 0 aromatic carbocycles. The molecule has 2 aliphatic heterocycles. The predicted molar refractivity (Wildman–Crippen MR) is 113 cm³/mol. The number of hydrogen-bond donors (Lipinski definition) is 2. The number of nitrogens with two attached hydrogens (primary N) is 1. The first-order valence-corrected chi connectivity index (χ1v) is 10.3. The van der Waals surface area contributed by atoms with Crippen LogP contribution in [-0.4, -0.2) is 93.0 Å². The third kappa shape index (κ3) is 3.99. The van der Waals surface area contributed by atoms with Crippen molar-refractivity contribution in [3.05, 3.63) is 18.6 Å². The fraction of sp³-hybridized carbons (Fsp3) is 0.474. The number of morpholine rings is 1. The number of rotatable bonds is 4. The van der Waals surface area contributed by atoms with Gasteiger partial charge in [0.1, 0.15) is 6.54 Å². The first-order valence-electron chi connectivity index (χ1n) is 10.3. The zero-order valence-electron chi connectivity index (χ0n) is 17.1. The van der Waals surface area contributed by atoms with Gasteiger partial charge in [-0.05, 0) is 0 Å². The Morgan fingerprint density at radius 2 is 1.81 bits per heavy atom. The maximum absolute atomic E-state index is 12.8. The SMILES string of the molecule is Nc1ncc(-c2nc(N3CCOCC3)nc3c2cnn3CC(=O)N2CCNCC2)cn1. The van der Waals surface area contributed by atoms with Crippen LogP contribution in [0.5, 0.6) is 0 Å². The molecule has 0 saturated carbocycles. The van der Waals surface area contributed by atoms with Crippen LogP contribution in [0.4, 0.5) is 11.9 Å². The van der Waals surface area contributed by atoms with Crippen LogP contribution >= 0.6 is 0 Å². The van der Waals surface area contributed by atoms with Gasteiger partial charge in [-0.1, -0.05) is 0 Å². The van der Waals surface area contributed by atoms with Crippen LogP contribution in [-0.2, 0) is 16.1 Å². The number of carbonyl (C=O) groups excluding carboxylic acids is 1. The van der Waals surface area contributed by atoms with Crippen molar-refractivity contribution in [3.63, 3.8) is 0 Å². The summed E-state index contributed by atoms with van der Waals surface area (Å²) in [6, 6.07) is 0. The number of ether oxygens (including phenoxy) is 1. The lowest BCUT2D eigenvalue weighted by Crippen LogP contribution is -2.47. The zero-order valence-corrected chi connectivity index (χ0v) is 17.1. The Kier molecular flexibility index (Phi) is 5.30. The Labute approximate surface area is 178 Å². The van der Waals surface area contributed by atoms with Gasteiger partial charge in [0.05, 0.1) is 30.5 Å². The standard InChI is InChI=1S/C19H24N10O2/c20-18-22-9-13(10-23-18)16-14-11-24-29(12-15(30)27-3-1-21-2-4-27)17(14)26-19(25-16)28-5-7-31-8-6-28/h9-11,21H,1-8,12H2,(H2,20,22,23). The van der Waals surface area contributed by atoms with E-state index in [0.717, 1.165) is 18.5 Å². The Morgan fingerprint density at radius 3 is 2.55 bits per heavy atom. The average molecular weight is 424 g/mol. The molecule has 0 unspecified atom stereocenters. The van der Waals surface area contributed by atoms with Crippen LogP contribution in [0.2, 0.25) is 0 Å². The average Bonchev–Trinajstić information content (AvgIpc) is 3.23. The molecule has 31 heavy (non-hydrogen) atoms. The van der Waals surface area contributed by atoms with Crippen molar-refractivity contribution in [1.82, 2.24) is 39.9 Å². The summed E-state index contributed by atoms with van der Waals surface area (Å²) in [6.07, 6.45) is 4.96. The smallest absolute Gasteiger partial charge is 0.244 e. The second kappa shape index (κ2) is 8.40. The van der Waals surface area contributed by atoms with Crippen LogP contribution in [0.3, 0.4) is 0 Å². The van der Waals surface area contributed by atoms with E-state index in [-0.39, 0.29) is 18.4 Å². The third-order valence-corrected chi connectivity index (χ3v) is 5.48. The fourth-order valence-corrected chi connectivity index (χ4v) is 3.79. The molecule has 0 bridgehead atoms. The normalized spacial score (nSPS) is 17.3. The van der Waals surface area contributed by atoms with Gasteiger partial charge in [-0.3, -0.25) is 4.79 Å². The minimum Gasteiger partial charge on any atom is -0.378 e. The van der Waals surface area contributed by atoms with E-state index in [1.54, 1.807) is 23.3 Å². The van der Waals surface area contributed by atoms with E-state index in [9.17, 15) is 4.79 Å². The highest BCUT2D eigenvalue weighted by Crippen LogP contribution is 2.28. The Morgan fingerprint density at radius 1 is 1.06 bits per heavy atom. The highest BCUT2D eigenvalue weighted by molar-refractivity contribution is 5.91. The zero-order chi connectivity index (χ0) is 21.2. The van der Waals surface area contributed by atoms with Crippen LogP contribution < -0.4 is 16.0 Å². The van der Waals surface area contributed by atoms with E-state index in [4.69, 9.17) is 20.4 Å².